The number of aryl methyl sites for hydroxylation is 1. The van der Waals surface area contributed by atoms with Gasteiger partial charge in [0.2, 0.25) is 0 Å². The van der Waals surface area contributed by atoms with E-state index < -0.39 is 0 Å². The fourth-order valence-electron chi connectivity index (χ4n) is 2.43. The first-order chi connectivity index (χ1) is 8.51. The molecule has 0 amide bonds. The number of halogens is 2. The lowest BCUT2D eigenvalue weighted by Crippen LogP contribution is -2.22. The van der Waals surface area contributed by atoms with Gasteiger partial charge in [-0.25, -0.2) is 4.39 Å². The molecule has 0 heterocycles. The third-order valence-corrected chi connectivity index (χ3v) is 3.79. The summed E-state index contributed by atoms with van der Waals surface area (Å²) in [6, 6.07) is 3.07. The summed E-state index contributed by atoms with van der Waals surface area (Å²) in [6.07, 6.45) is 4.38. The van der Waals surface area contributed by atoms with E-state index in [-0.39, 0.29) is 11.9 Å². The molecule has 0 aliphatic heterocycles. The molecule has 1 nitrogen and oxygen atoms in total. The van der Waals surface area contributed by atoms with Crippen LogP contribution in [0.5, 0.6) is 0 Å². The van der Waals surface area contributed by atoms with Crippen LogP contribution in [0.1, 0.15) is 56.7 Å². The first-order valence-electron chi connectivity index (χ1n) is 6.72. The van der Waals surface area contributed by atoms with E-state index in [1.807, 2.05) is 0 Å². The monoisotopic (exact) mass is 271 g/mol. The Balaban J connectivity index is 3.00. The Hall–Kier alpha value is -0.600. The molecule has 1 rings (SSSR count). The van der Waals surface area contributed by atoms with Gasteiger partial charge in [0, 0.05) is 11.1 Å². The normalized spacial score (nSPS) is 13.1. The topological polar surface area (TPSA) is 26.0 Å². The van der Waals surface area contributed by atoms with Crippen LogP contribution < -0.4 is 5.73 Å². The maximum Gasteiger partial charge on any atom is 0.127 e. The lowest BCUT2D eigenvalue weighted by atomic mass is 9.86. The molecule has 2 N–H and O–H groups in total. The minimum absolute atomic E-state index is 0.100. The van der Waals surface area contributed by atoms with Crippen molar-refractivity contribution in [3.63, 3.8) is 0 Å². The second kappa shape index (κ2) is 7.10. The Morgan fingerprint density at radius 1 is 1.22 bits per heavy atom. The smallest absolute Gasteiger partial charge is 0.127 e. The van der Waals surface area contributed by atoms with E-state index in [0.29, 0.717) is 16.5 Å². The Kier molecular flexibility index (Phi) is 6.10. The maximum absolute atomic E-state index is 13.4. The molecule has 1 atom stereocenters. The van der Waals surface area contributed by atoms with Gasteiger partial charge >= 0.3 is 0 Å². The van der Waals surface area contributed by atoms with Crippen molar-refractivity contribution in [1.29, 1.82) is 0 Å². The van der Waals surface area contributed by atoms with Crippen molar-refractivity contribution >= 4 is 11.6 Å². The van der Waals surface area contributed by atoms with Crippen LogP contribution in [0.2, 0.25) is 5.02 Å². The van der Waals surface area contributed by atoms with E-state index in [1.165, 1.54) is 6.07 Å². The fourth-order valence-corrected chi connectivity index (χ4v) is 2.71. The molecule has 3 heteroatoms. The van der Waals surface area contributed by atoms with Crippen molar-refractivity contribution in [1.82, 2.24) is 0 Å². The number of hydrogen-bond acceptors (Lipinski definition) is 1. The Labute approximate surface area is 115 Å². The highest BCUT2D eigenvalue weighted by molar-refractivity contribution is 6.31. The van der Waals surface area contributed by atoms with Crippen molar-refractivity contribution in [2.45, 2.75) is 52.5 Å². The molecule has 0 saturated heterocycles. The Bertz CT molecular complexity index is 386. The van der Waals surface area contributed by atoms with Gasteiger partial charge in [-0.2, -0.15) is 0 Å². The highest BCUT2D eigenvalue weighted by atomic mass is 35.5. The molecular formula is C15H23ClFN. The summed E-state index contributed by atoms with van der Waals surface area (Å²) in [4.78, 5) is 0. The third kappa shape index (κ3) is 3.69. The van der Waals surface area contributed by atoms with Crippen LogP contribution in [0.25, 0.3) is 0 Å². The molecule has 0 fully saturated rings. The van der Waals surface area contributed by atoms with E-state index in [2.05, 4.69) is 13.8 Å². The largest absolute Gasteiger partial charge is 0.324 e. The molecule has 0 spiro atoms. The van der Waals surface area contributed by atoms with Crippen LogP contribution >= 0.6 is 11.6 Å². The zero-order valence-electron chi connectivity index (χ0n) is 11.5. The van der Waals surface area contributed by atoms with E-state index in [0.717, 1.165) is 31.2 Å². The predicted molar refractivity (Wildman–Crippen MR) is 76.4 cm³/mol. The molecule has 1 unspecified atom stereocenters. The molecule has 102 valence electrons. The Morgan fingerprint density at radius 3 is 2.28 bits per heavy atom. The van der Waals surface area contributed by atoms with Gasteiger partial charge in [-0.05, 0) is 42.9 Å². The summed E-state index contributed by atoms with van der Waals surface area (Å²) in [7, 11) is 0. The van der Waals surface area contributed by atoms with Crippen LogP contribution in [0.15, 0.2) is 12.1 Å². The lowest BCUT2D eigenvalue weighted by Gasteiger charge is -2.24. The highest BCUT2D eigenvalue weighted by Gasteiger charge is 2.21. The highest BCUT2D eigenvalue weighted by Crippen LogP contribution is 2.33. The molecule has 18 heavy (non-hydrogen) atoms. The summed E-state index contributed by atoms with van der Waals surface area (Å²) in [6.45, 7) is 6.07. The zero-order chi connectivity index (χ0) is 13.7. The van der Waals surface area contributed by atoms with Gasteiger partial charge in [0.15, 0.2) is 0 Å². The summed E-state index contributed by atoms with van der Waals surface area (Å²) in [5.41, 5.74) is 7.81. The van der Waals surface area contributed by atoms with Crippen LogP contribution in [-0.2, 0) is 0 Å². The summed E-state index contributed by atoms with van der Waals surface area (Å²) >= 11 is 6.12. The molecule has 0 radical (unpaired) electrons. The Morgan fingerprint density at radius 2 is 1.78 bits per heavy atom. The van der Waals surface area contributed by atoms with Crippen molar-refractivity contribution < 1.29 is 4.39 Å². The number of rotatable bonds is 6. The molecule has 0 bridgehead atoms. The van der Waals surface area contributed by atoms with Crippen molar-refractivity contribution in [3.05, 3.63) is 34.1 Å². The molecular weight excluding hydrogens is 249 g/mol. The second-order valence-electron chi connectivity index (χ2n) is 4.99. The van der Waals surface area contributed by atoms with Crippen LogP contribution in [-0.4, -0.2) is 0 Å². The van der Waals surface area contributed by atoms with Crippen molar-refractivity contribution in [2.75, 3.05) is 0 Å². The standard InChI is InChI=1S/C15H23ClFN/c1-4-6-11(7-5-2)15(18)12-8-10(3)14(17)9-13(12)16/h8-9,11,15H,4-7,18H2,1-3H3. The average molecular weight is 272 g/mol. The molecule has 0 aliphatic rings. The van der Waals surface area contributed by atoms with Gasteiger partial charge in [0.1, 0.15) is 5.82 Å². The second-order valence-corrected chi connectivity index (χ2v) is 5.39. The molecule has 0 aromatic heterocycles. The summed E-state index contributed by atoms with van der Waals surface area (Å²) in [5.74, 6) is 0.154. The van der Waals surface area contributed by atoms with Gasteiger partial charge in [0.25, 0.3) is 0 Å². The van der Waals surface area contributed by atoms with Gasteiger partial charge in [-0.3, -0.25) is 0 Å². The number of benzene rings is 1. The molecule has 1 aromatic carbocycles. The quantitative estimate of drug-likeness (QED) is 0.774. The van der Waals surface area contributed by atoms with Crippen molar-refractivity contribution in [2.24, 2.45) is 11.7 Å². The van der Waals surface area contributed by atoms with E-state index in [1.54, 1.807) is 13.0 Å². The summed E-state index contributed by atoms with van der Waals surface area (Å²) in [5, 5.41) is 0.447. The van der Waals surface area contributed by atoms with Crippen LogP contribution in [0.3, 0.4) is 0 Å². The van der Waals surface area contributed by atoms with E-state index in [9.17, 15) is 4.39 Å². The van der Waals surface area contributed by atoms with Gasteiger partial charge < -0.3 is 5.73 Å². The summed E-state index contributed by atoms with van der Waals surface area (Å²) < 4.78 is 13.4. The maximum atomic E-state index is 13.4. The van der Waals surface area contributed by atoms with Crippen LogP contribution in [0.4, 0.5) is 4.39 Å². The van der Waals surface area contributed by atoms with Crippen LogP contribution in [0, 0.1) is 18.7 Å². The third-order valence-electron chi connectivity index (χ3n) is 3.46. The number of nitrogens with two attached hydrogens (primary N) is 1. The zero-order valence-corrected chi connectivity index (χ0v) is 12.2. The first kappa shape index (κ1) is 15.5. The molecule has 0 saturated carbocycles. The van der Waals surface area contributed by atoms with E-state index in [4.69, 9.17) is 17.3 Å². The average Bonchev–Trinajstić information content (AvgIpc) is 2.33. The molecule has 1 aromatic rings. The van der Waals surface area contributed by atoms with Gasteiger partial charge in [-0.1, -0.05) is 44.4 Å². The lowest BCUT2D eigenvalue weighted by molar-refractivity contribution is 0.368. The van der Waals surface area contributed by atoms with Crippen molar-refractivity contribution in [3.8, 4) is 0 Å². The minimum Gasteiger partial charge on any atom is -0.324 e. The first-order valence-corrected chi connectivity index (χ1v) is 7.10. The molecule has 0 aliphatic carbocycles. The van der Waals surface area contributed by atoms with Gasteiger partial charge in [0.05, 0.1) is 0 Å². The predicted octanol–water partition coefficient (Wildman–Crippen LogP) is 5.00. The number of hydrogen-bond donors (Lipinski definition) is 1. The fraction of sp³-hybridized carbons (Fsp3) is 0.600. The van der Waals surface area contributed by atoms with E-state index >= 15 is 0 Å². The SMILES string of the molecule is CCCC(CCC)C(N)c1cc(C)c(F)cc1Cl. The van der Waals surface area contributed by atoms with Gasteiger partial charge in [-0.15, -0.1) is 0 Å². The minimum atomic E-state index is -0.265.